The van der Waals surface area contributed by atoms with Crippen molar-refractivity contribution in [2.24, 2.45) is 0 Å². The number of nitrogens with one attached hydrogen (secondary N) is 1. The van der Waals surface area contributed by atoms with E-state index in [0.717, 1.165) is 31.4 Å². The highest BCUT2D eigenvalue weighted by molar-refractivity contribution is 5.86. The van der Waals surface area contributed by atoms with Gasteiger partial charge >= 0.3 is 0 Å². The van der Waals surface area contributed by atoms with Crippen LogP contribution in [0, 0.1) is 5.82 Å². The number of nitrogens with zero attached hydrogens (tertiary/aromatic N) is 1. The molecule has 0 saturated carbocycles. The average Bonchev–Trinajstić information content (AvgIpc) is 3.05. The molecule has 2 aliphatic heterocycles. The summed E-state index contributed by atoms with van der Waals surface area (Å²) in [7, 11) is 0. The summed E-state index contributed by atoms with van der Waals surface area (Å²) in [5.74, 6) is -0.0736. The van der Waals surface area contributed by atoms with E-state index in [9.17, 15) is 9.18 Å². The molecule has 3 rings (SSSR count). The first-order chi connectivity index (χ1) is 10.6. The van der Waals surface area contributed by atoms with E-state index in [4.69, 9.17) is 4.74 Å². The molecular weight excluding hydrogens is 283 g/mol. The highest BCUT2D eigenvalue weighted by atomic mass is 19.1. The molecule has 5 heteroatoms. The van der Waals surface area contributed by atoms with Gasteiger partial charge in [0.2, 0.25) is 5.91 Å². The van der Waals surface area contributed by atoms with Gasteiger partial charge in [-0.25, -0.2) is 4.39 Å². The Hall–Kier alpha value is -1.46. The minimum Gasteiger partial charge on any atom is -0.370 e. The number of amides is 1. The van der Waals surface area contributed by atoms with Crippen LogP contribution in [0.1, 0.15) is 37.9 Å². The molecule has 1 N–H and O–H groups in total. The van der Waals surface area contributed by atoms with Crippen LogP contribution >= 0.6 is 0 Å². The maximum atomic E-state index is 13.0. The smallest absolute Gasteiger partial charge is 0.243 e. The van der Waals surface area contributed by atoms with Gasteiger partial charge in [0.25, 0.3) is 0 Å². The predicted octanol–water partition coefficient (Wildman–Crippen LogP) is 2.26. The molecule has 2 aliphatic rings. The fourth-order valence-electron chi connectivity index (χ4n) is 3.46. The van der Waals surface area contributed by atoms with Crippen LogP contribution < -0.4 is 5.32 Å². The van der Waals surface area contributed by atoms with E-state index in [1.807, 2.05) is 4.90 Å². The Kier molecular flexibility index (Phi) is 4.45. The fraction of sp³-hybridized carbons (Fsp3) is 0.588. The van der Waals surface area contributed by atoms with Gasteiger partial charge in [-0.15, -0.1) is 0 Å². The summed E-state index contributed by atoms with van der Waals surface area (Å²) in [6, 6.07) is 6.34. The molecule has 2 atom stereocenters. The van der Waals surface area contributed by atoms with Gasteiger partial charge in [0.15, 0.2) is 0 Å². The van der Waals surface area contributed by atoms with Crippen LogP contribution in [0.5, 0.6) is 0 Å². The zero-order valence-corrected chi connectivity index (χ0v) is 13.0. The predicted molar refractivity (Wildman–Crippen MR) is 81.9 cm³/mol. The van der Waals surface area contributed by atoms with Crippen LogP contribution in [-0.2, 0) is 9.53 Å². The largest absolute Gasteiger partial charge is 0.370 e. The summed E-state index contributed by atoms with van der Waals surface area (Å²) >= 11 is 0. The summed E-state index contributed by atoms with van der Waals surface area (Å²) in [4.78, 5) is 14.8. The van der Waals surface area contributed by atoms with Gasteiger partial charge in [0, 0.05) is 6.54 Å². The zero-order valence-electron chi connectivity index (χ0n) is 13.0. The molecule has 0 radical (unpaired) electrons. The first-order valence-electron chi connectivity index (χ1n) is 8.06. The lowest BCUT2D eigenvalue weighted by Gasteiger charge is -2.39. The van der Waals surface area contributed by atoms with E-state index < -0.39 is 5.54 Å². The van der Waals surface area contributed by atoms with Gasteiger partial charge in [-0.05, 0) is 43.5 Å². The van der Waals surface area contributed by atoms with E-state index >= 15 is 0 Å². The number of hydrogen-bond donors (Lipinski definition) is 1. The van der Waals surface area contributed by atoms with Crippen molar-refractivity contribution in [3.63, 3.8) is 0 Å². The fourth-order valence-corrected chi connectivity index (χ4v) is 3.46. The second-order valence-electron chi connectivity index (χ2n) is 6.13. The summed E-state index contributed by atoms with van der Waals surface area (Å²) in [6.45, 7) is 4.65. The van der Waals surface area contributed by atoms with Gasteiger partial charge in [-0.2, -0.15) is 0 Å². The highest BCUT2D eigenvalue weighted by Gasteiger charge is 2.42. The van der Waals surface area contributed by atoms with Crippen molar-refractivity contribution in [2.75, 3.05) is 26.2 Å². The standard InChI is InChI=1S/C17H23FN2O2/c1-2-17(8-3-9-19-17)16(21)20-10-11-22-15(12-20)13-4-6-14(18)7-5-13/h4-7,15,19H,2-3,8-12H2,1H3. The lowest BCUT2D eigenvalue weighted by atomic mass is 9.92. The molecule has 0 spiro atoms. The van der Waals surface area contributed by atoms with Crippen LogP contribution in [0.4, 0.5) is 4.39 Å². The lowest BCUT2D eigenvalue weighted by molar-refractivity contribution is -0.145. The number of ether oxygens (including phenoxy) is 1. The topological polar surface area (TPSA) is 41.6 Å². The maximum Gasteiger partial charge on any atom is 0.243 e. The molecule has 0 bridgehead atoms. The third-order valence-electron chi connectivity index (χ3n) is 4.85. The molecule has 2 saturated heterocycles. The minimum atomic E-state index is -0.398. The number of halogens is 1. The third kappa shape index (κ3) is 2.88. The van der Waals surface area contributed by atoms with Gasteiger partial charge < -0.3 is 15.0 Å². The summed E-state index contributed by atoms with van der Waals surface area (Å²) < 4.78 is 18.8. The van der Waals surface area contributed by atoms with Gasteiger partial charge in [-0.3, -0.25) is 4.79 Å². The molecule has 0 aromatic heterocycles. The molecule has 0 aliphatic carbocycles. The average molecular weight is 306 g/mol. The SMILES string of the molecule is CCC1(C(=O)N2CCOC(c3ccc(F)cc3)C2)CCCN1. The Labute approximate surface area is 130 Å². The molecule has 2 unspecified atom stereocenters. The Morgan fingerprint density at radius 2 is 2.23 bits per heavy atom. The molecular formula is C17H23FN2O2. The van der Waals surface area contributed by atoms with Crippen LogP contribution in [0.25, 0.3) is 0 Å². The number of hydrogen-bond acceptors (Lipinski definition) is 3. The molecule has 1 amide bonds. The number of morpholine rings is 1. The van der Waals surface area contributed by atoms with Crippen LogP contribution in [0.15, 0.2) is 24.3 Å². The molecule has 2 heterocycles. The van der Waals surface area contributed by atoms with E-state index in [-0.39, 0.29) is 17.8 Å². The summed E-state index contributed by atoms with van der Waals surface area (Å²) in [6.07, 6.45) is 2.59. The number of benzene rings is 1. The Morgan fingerprint density at radius 1 is 1.45 bits per heavy atom. The van der Waals surface area contributed by atoms with Crippen molar-refractivity contribution >= 4 is 5.91 Å². The van der Waals surface area contributed by atoms with Gasteiger partial charge in [0.1, 0.15) is 11.9 Å². The van der Waals surface area contributed by atoms with Gasteiger partial charge in [-0.1, -0.05) is 19.1 Å². The zero-order chi connectivity index (χ0) is 15.6. The Bertz CT molecular complexity index is 526. The van der Waals surface area contributed by atoms with Crippen LogP contribution in [-0.4, -0.2) is 42.6 Å². The maximum absolute atomic E-state index is 13.0. The molecule has 120 valence electrons. The van der Waals surface area contributed by atoms with Crippen molar-refractivity contribution in [2.45, 2.75) is 37.8 Å². The van der Waals surface area contributed by atoms with Crippen molar-refractivity contribution in [3.05, 3.63) is 35.6 Å². The number of rotatable bonds is 3. The van der Waals surface area contributed by atoms with Crippen molar-refractivity contribution in [1.29, 1.82) is 0 Å². The third-order valence-corrected chi connectivity index (χ3v) is 4.85. The molecule has 1 aromatic rings. The molecule has 22 heavy (non-hydrogen) atoms. The Morgan fingerprint density at radius 3 is 2.86 bits per heavy atom. The molecule has 2 fully saturated rings. The van der Waals surface area contributed by atoms with Crippen LogP contribution in [0.2, 0.25) is 0 Å². The quantitative estimate of drug-likeness (QED) is 0.931. The summed E-state index contributed by atoms with van der Waals surface area (Å²) in [5.41, 5.74) is 0.522. The van der Waals surface area contributed by atoms with Crippen LogP contribution in [0.3, 0.4) is 0 Å². The molecule has 1 aromatic carbocycles. The number of carbonyl (C=O) groups excluding carboxylic acids is 1. The van der Waals surface area contributed by atoms with Crippen molar-refractivity contribution in [1.82, 2.24) is 10.2 Å². The lowest BCUT2D eigenvalue weighted by Crippen LogP contribution is -2.57. The summed E-state index contributed by atoms with van der Waals surface area (Å²) in [5, 5.41) is 3.40. The second kappa shape index (κ2) is 6.34. The molecule has 4 nitrogen and oxygen atoms in total. The minimum absolute atomic E-state index is 0.173. The van der Waals surface area contributed by atoms with E-state index in [1.165, 1.54) is 12.1 Å². The van der Waals surface area contributed by atoms with E-state index in [0.29, 0.717) is 19.7 Å². The first-order valence-corrected chi connectivity index (χ1v) is 8.06. The highest BCUT2D eigenvalue weighted by Crippen LogP contribution is 2.29. The second-order valence-corrected chi connectivity index (χ2v) is 6.13. The first kappa shape index (κ1) is 15.4. The Balaban J connectivity index is 1.72. The monoisotopic (exact) mass is 306 g/mol. The number of carbonyl (C=O) groups is 1. The van der Waals surface area contributed by atoms with E-state index in [2.05, 4.69) is 12.2 Å². The van der Waals surface area contributed by atoms with Crippen molar-refractivity contribution < 1.29 is 13.9 Å². The van der Waals surface area contributed by atoms with Gasteiger partial charge in [0.05, 0.1) is 18.7 Å². The van der Waals surface area contributed by atoms with E-state index in [1.54, 1.807) is 12.1 Å². The normalized spacial score (nSPS) is 28.8. The van der Waals surface area contributed by atoms with Crippen molar-refractivity contribution in [3.8, 4) is 0 Å².